The van der Waals surface area contributed by atoms with Gasteiger partial charge < -0.3 is 15.4 Å². The van der Waals surface area contributed by atoms with Crippen molar-refractivity contribution in [3.8, 4) is 5.75 Å². The summed E-state index contributed by atoms with van der Waals surface area (Å²) in [5, 5.41) is 5.64. The SMILES string of the molecule is Cc1ccc(NC(=O)COc2ccc(C)cc2C(=O)Nc2ccncc2)c(C)c1. The molecule has 0 saturated carbocycles. The van der Waals surface area contributed by atoms with Gasteiger partial charge in [-0.05, 0) is 56.7 Å². The largest absolute Gasteiger partial charge is 0.483 e. The van der Waals surface area contributed by atoms with Crippen LogP contribution in [0.15, 0.2) is 60.9 Å². The summed E-state index contributed by atoms with van der Waals surface area (Å²) in [7, 11) is 0. The fourth-order valence-corrected chi connectivity index (χ4v) is 2.86. The maximum atomic E-state index is 12.7. The third-order valence-electron chi connectivity index (χ3n) is 4.33. The first-order chi connectivity index (χ1) is 13.9. The topological polar surface area (TPSA) is 80.3 Å². The molecule has 0 bridgehead atoms. The summed E-state index contributed by atoms with van der Waals surface area (Å²) in [5.74, 6) is -0.263. The third kappa shape index (κ3) is 5.42. The van der Waals surface area contributed by atoms with Crippen molar-refractivity contribution >= 4 is 23.2 Å². The Balaban J connectivity index is 1.69. The standard InChI is InChI=1S/C23H23N3O3/c1-15-4-6-20(17(3)12-15)26-22(27)14-29-21-7-5-16(2)13-19(21)23(28)25-18-8-10-24-11-9-18/h4-13H,14H2,1-3H3,(H,26,27)(H,24,25,28). The molecule has 3 rings (SSSR count). The van der Waals surface area contributed by atoms with Crippen LogP contribution in [0.2, 0.25) is 0 Å². The average molecular weight is 389 g/mol. The van der Waals surface area contributed by atoms with E-state index in [4.69, 9.17) is 4.74 Å². The van der Waals surface area contributed by atoms with Crippen molar-refractivity contribution in [3.63, 3.8) is 0 Å². The van der Waals surface area contributed by atoms with Gasteiger partial charge in [-0.3, -0.25) is 14.6 Å². The second kappa shape index (κ2) is 9.01. The summed E-state index contributed by atoms with van der Waals surface area (Å²) in [5.41, 5.74) is 4.75. The van der Waals surface area contributed by atoms with Crippen LogP contribution >= 0.6 is 0 Å². The monoisotopic (exact) mass is 389 g/mol. The minimum Gasteiger partial charge on any atom is -0.483 e. The van der Waals surface area contributed by atoms with E-state index in [2.05, 4.69) is 15.6 Å². The lowest BCUT2D eigenvalue weighted by Gasteiger charge is -2.13. The van der Waals surface area contributed by atoms with Crippen LogP contribution in [0.25, 0.3) is 0 Å². The molecule has 2 amide bonds. The zero-order valence-electron chi connectivity index (χ0n) is 16.7. The summed E-state index contributed by atoms with van der Waals surface area (Å²) in [6.45, 7) is 5.62. The number of amides is 2. The number of ether oxygens (including phenoxy) is 1. The number of benzene rings is 2. The van der Waals surface area contributed by atoms with Gasteiger partial charge in [-0.25, -0.2) is 0 Å². The molecule has 6 heteroatoms. The molecule has 148 valence electrons. The van der Waals surface area contributed by atoms with Gasteiger partial charge in [0, 0.05) is 23.8 Å². The summed E-state index contributed by atoms with van der Waals surface area (Å²) >= 11 is 0. The summed E-state index contributed by atoms with van der Waals surface area (Å²) in [6.07, 6.45) is 3.20. The van der Waals surface area contributed by atoms with E-state index in [0.717, 1.165) is 22.4 Å². The number of carbonyl (C=O) groups excluding carboxylic acids is 2. The Morgan fingerprint density at radius 2 is 1.59 bits per heavy atom. The van der Waals surface area contributed by atoms with Crippen molar-refractivity contribution in [2.75, 3.05) is 17.2 Å². The Morgan fingerprint density at radius 3 is 2.31 bits per heavy atom. The zero-order valence-corrected chi connectivity index (χ0v) is 16.7. The molecular weight excluding hydrogens is 366 g/mol. The predicted octanol–water partition coefficient (Wildman–Crippen LogP) is 4.28. The van der Waals surface area contributed by atoms with Crippen molar-refractivity contribution in [3.05, 3.63) is 83.2 Å². The quantitative estimate of drug-likeness (QED) is 0.660. The van der Waals surface area contributed by atoms with Crippen LogP contribution in [0.4, 0.5) is 11.4 Å². The first-order valence-corrected chi connectivity index (χ1v) is 9.24. The molecule has 2 N–H and O–H groups in total. The number of rotatable bonds is 6. The van der Waals surface area contributed by atoms with E-state index in [1.54, 1.807) is 36.7 Å². The highest BCUT2D eigenvalue weighted by atomic mass is 16.5. The van der Waals surface area contributed by atoms with E-state index >= 15 is 0 Å². The van der Waals surface area contributed by atoms with E-state index in [0.29, 0.717) is 17.0 Å². The molecule has 0 aliphatic heterocycles. The van der Waals surface area contributed by atoms with Crippen LogP contribution in [-0.4, -0.2) is 23.4 Å². The van der Waals surface area contributed by atoms with Gasteiger partial charge in [0.15, 0.2) is 6.61 Å². The Morgan fingerprint density at radius 1 is 0.897 bits per heavy atom. The van der Waals surface area contributed by atoms with Crippen molar-refractivity contribution < 1.29 is 14.3 Å². The van der Waals surface area contributed by atoms with Crippen LogP contribution in [0, 0.1) is 20.8 Å². The van der Waals surface area contributed by atoms with E-state index in [1.807, 2.05) is 45.0 Å². The van der Waals surface area contributed by atoms with Crippen LogP contribution in [0.3, 0.4) is 0 Å². The molecule has 0 unspecified atom stereocenters. The van der Waals surface area contributed by atoms with Crippen molar-refractivity contribution in [2.24, 2.45) is 0 Å². The van der Waals surface area contributed by atoms with E-state index < -0.39 is 0 Å². The Hall–Kier alpha value is -3.67. The molecule has 2 aromatic carbocycles. The first kappa shape index (κ1) is 20.1. The molecule has 0 radical (unpaired) electrons. The number of nitrogens with one attached hydrogen (secondary N) is 2. The van der Waals surface area contributed by atoms with Gasteiger partial charge in [0.25, 0.3) is 11.8 Å². The first-order valence-electron chi connectivity index (χ1n) is 9.24. The molecule has 1 heterocycles. The fraction of sp³-hybridized carbons (Fsp3) is 0.174. The van der Waals surface area contributed by atoms with Crippen molar-refractivity contribution in [1.82, 2.24) is 4.98 Å². The van der Waals surface area contributed by atoms with Gasteiger partial charge >= 0.3 is 0 Å². The molecule has 29 heavy (non-hydrogen) atoms. The van der Waals surface area contributed by atoms with Crippen molar-refractivity contribution in [2.45, 2.75) is 20.8 Å². The number of anilines is 2. The van der Waals surface area contributed by atoms with E-state index in [1.165, 1.54) is 0 Å². The summed E-state index contributed by atoms with van der Waals surface area (Å²) in [6, 6.07) is 14.5. The molecule has 3 aromatic rings. The van der Waals surface area contributed by atoms with Crippen LogP contribution in [0.1, 0.15) is 27.0 Å². The minimum absolute atomic E-state index is 0.202. The van der Waals surface area contributed by atoms with Gasteiger partial charge in [0.2, 0.25) is 0 Å². The second-order valence-corrected chi connectivity index (χ2v) is 6.84. The average Bonchev–Trinajstić information content (AvgIpc) is 2.70. The number of aryl methyl sites for hydroxylation is 3. The van der Waals surface area contributed by atoms with Crippen LogP contribution < -0.4 is 15.4 Å². The number of carbonyl (C=O) groups is 2. The lowest BCUT2D eigenvalue weighted by molar-refractivity contribution is -0.118. The smallest absolute Gasteiger partial charge is 0.262 e. The third-order valence-corrected chi connectivity index (χ3v) is 4.33. The predicted molar refractivity (Wildman–Crippen MR) is 113 cm³/mol. The molecule has 0 aliphatic rings. The maximum absolute atomic E-state index is 12.7. The van der Waals surface area contributed by atoms with E-state index in [9.17, 15) is 9.59 Å². The molecule has 0 aliphatic carbocycles. The highest BCUT2D eigenvalue weighted by molar-refractivity contribution is 6.06. The van der Waals surface area contributed by atoms with E-state index in [-0.39, 0.29) is 18.4 Å². The Kier molecular flexibility index (Phi) is 6.24. The zero-order chi connectivity index (χ0) is 20.8. The molecule has 0 saturated heterocycles. The molecule has 0 atom stereocenters. The maximum Gasteiger partial charge on any atom is 0.262 e. The summed E-state index contributed by atoms with van der Waals surface area (Å²) < 4.78 is 5.66. The number of hydrogen-bond donors (Lipinski definition) is 2. The van der Waals surface area contributed by atoms with Gasteiger partial charge in [-0.2, -0.15) is 0 Å². The summed E-state index contributed by atoms with van der Waals surface area (Å²) in [4.78, 5) is 28.9. The van der Waals surface area contributed by atoms with Gasteiger partial charge in [0.05, 0.1) is 5.56 Å². The number of pyridine rings is 1. The molecule has 1 aromatic heterocycles. The number of hydrogen-bond acceptors (Lipinski definition) is 4. The molecule has 6 nitrogen and oxygen atoms in total. The fourth-order valence-electron chi connectivity index (χ4n) is 2.86. The molecule has 0 fully saturated rings. The Bertz CT molecular complexity index is 1030. The normalized spacial score (nSPS) is 10.3. The van der Waals surface area contributed by atoms with Gasteiger partial charge in [0.1, 0.15) is 5.75 Å². The Labute approximate surface area is 169 Å². The number of nitrogens with zero attached hydrogens (tertiary/aromatic N) is 1. The molecular formula is C23H23N3O3. The molecule has 0 spiro atoms. The lowest BCUT2D eigenvalue weighted by Crippen LogP contribution is -2.22. The van der Waals surface area contributed by atoms with Gasteiger partial charge in [-0.15, -0.1) is 0 Å². The number of aromatic nitrogens is 1. The minimum atomic E-state index is -0.315. The highest BCUT2D eigenvalue weighted by Crippen LogP contribution is 2.22. The van der Waals surface area contributed by atoms with Crippen LogP contribution in [0.5, 0.6) is 5.75 Å². The van der Waals surface area contributed by atoms with Crippen molar-refractivity contribution in [1.29, 1.82) is 0 Å². The highest BCUT2D eigenvalue weighted by Gasteiger charge is 2.15. The lowest BCUT2D eigenvalue weighted by atomic mass is 10.1. The second-order valence-electron chi connectivity index (χ2n) is 6.84. The van der Waals surface area contributed by atoms with Crippen LogP contribution in [-0.2, 0) is 4.79 Å². The van der Waals surface area contributed by atoms with Gasteiger partial charge in [-0.1, -0.05) is 29.3 Å².